The largest absolute Gasteiger partial charge is 0.478 e. The van der Waals surface area contributed by atoms with Crippen LogP contribution in [-0.4, -0.2) is 26.5 Å². The second-order valence-electron chi connectivity index (χ2n) is 6.82. The molecule has 2 aromatic heterocycles. The van der Waals surface area contributed by atoms with Crippen molar-refractivity contribution in [1.82, 2.24) is 9.55 Å². The van der Waals surface area contributed by atoms with Gasteiger partial charge in [0.2, 0.25) is 0 Å². The van der Waals surface area contributed by atoms with Crippen LogP contribution in [-0.2, 0) is 6.54 Å². The molecule has 6 nitrogen and oxygen atoms in total. The van der Waals surface area contributed by atoms with E-state index in [0.717, 1.165) is 22.2 Å². The molecule has 0 aliphatic heterocycles. The molecule has 2 N–H and O–H groups in total. The van der Waals surface area contributed by atoms with Crippen molar-refractivity contribution in [2.45, 2.75) is 13.5 Å². The van der Waals surface area contributed by atoms with E-state index in [1.54, 1.807) is 30.6 Å². The Morgan fingerprint density at radius 3 is 2.59 bits per heavy atom. The van der Waals surface area contributed by atoms with Gasteiger partial charge in [0.1, 0.15) is 0 Å². The van der Waals surface area contributed by atoms with Crippen LogP contribution < -0.4 is 5.32 Å². The van der Waals surface area contributed by atoms with Crippen molar-refractivity contribution in [3.05, 3.63) is 95.4 Å². The molecule has 4 aromatic rings. The molecule has 0 aliphatic rings. The molecule has 6 heteroatoms. The van der Waals surface area contributed by atoms with Crippen LogP contribution in [0.1, 0.15) is 32.0 Å². The summed E-state index contributed by atoms with van der Waals surface area (Å²) >= 11 is 0. The number of aryl methyl sites for hydroxylation is 1. The number of carboxylic acid groups (broad SMARTS) is 1. The highest BCUT2D eigenvalue weighted by Crippen LogP contribution is 2.24. The number of carboxylic acids is 1. The van der Waals surface area contributed by atoms with Gasteiger partial charge in [-0.25, -0.2) is 4.79 Å². The highest BCUT2D eigenvalue weighted by atomic mass is 16.4. The Morgan fingerprint density at radius 1 is 1.03 bits per heavy atom. The number of nitrogens with zero attached hydrogens (tertiary/aromatic N) is 2. The summed E-state index contributed by atoms with van der Waals surface area (Å²) in [5, 5.41) is 13.0. The van der Waals surface area contributed by atoms with Crippen LogP contribution in [0.2, 0.25) is 0 Å². The highest BCUT2D eigenvalue weighted by Gasteiger charge is 2.18. The smallest absolute Gasteiger partial charge is 0.337 e. The zero-order chi connectivity index (χ0) is 20.4. The zero-order valence-electron chi connectivity index (χ0n) is 15.8. The molecule has 2 aromatic carbocycles. The van der Waals surface area contributed by atoms with Crippen molar-refractivity contribution < 1.29 is 14.7 Å². The lowest BCUT2D eigenvalue weighted by Gasteiger charge is -2.09. The monoisotopic (exact) mass is 385 g/mol. The second kappa shape index (κ2) is 7.59. The normalized spacial score (nSPS) is 10.8. The predicted octanol–water partition coefficient (Wildman–Crippen LogP) is 4.34. The number of benzene rings is 2. The fourth-order valence-corrected chi connectivity index (χ4v) is 3.36. The van der Waals surface area contributed by atoms with E-state index in [1.807, 2.05) is 54.0 Å². The number of pyridine rings is 1. The van der Waals surface area contributed by atoms with Crippen LogP contribution >= 0.6 is 0 Å². The lowest BCUT2D eigenvalue weighted by Crippen LogP contribution is -2.14. The first-order valence-electron chi connectivity index (χ1n) is 9.16. The summed E-state index contributed by atoms with van der Waals surface area (Å²) in [7, 11) is 0. The second-order valence-corrected chi connectivity index (χ2v) is 6.82. The summed E-state index contributed by atoms with van der Waals surface area (Å²) < 4.78 is 1.97. The third kappa shape index (κ3) is 3.73. The maximum atomic E-state index is 13.0. The topological polar surface area (TPSA) is 84.2 Å². The number of carbonyl (C=O) groups is 2. The van der Waals surface area contributed by atoms with E-state index >= 15 is 0 Å². The van der Waals surface area contributed by atoms with Gasteiger partial charge in [-0.05, 0) is 37.3 Å². The van der Waals surface area contributed by atoms with Crippen LogP contribution in [0.25, 0.3) is 10.9 Å². The quantitative estimate of drug-likeness (QED) is 0.535. The number of rotatable bonds is 5. The van der Waals surface area contributed by atoms with Crippen molar-refractivity contribution in [1.29, 1.82) is 0 Å². The first-order valence-corrected chi connectivity index (χ1v) is 9.16. The summed E-state index contributed by atoms with van der Waals surface area (Å²) in [4.78, 5) is 28.9. The Kier molecular flexibility index (Phi) is 4.83. The van der Waals surface area contributed by atoms with Crippen LogP contribution in [0.3, 0.4) is 0 Å². The molecular weight excluding hydrogens is 366 g/mol. The lowest BCUT2D eigenvalue weighted by atomic mass is 10.1. The van der Waals surface area contributed by atoms with Gasteiger partial charge in [0.25, 0.3) is 5.91 Å². The first kappa shape index (κ1) is 18.4. The molecule has 0 saturated heterocycles. The third-order valence-corrected chi connectivity index (χ3v) is 4.75. The Bertz CT molecular complexity index is 1210. The standard InChI is InChI=1S/C23H19N3O3/c1-15-9-10-20(18(12-15)23(28)29)25-22(27)19-14-26(13-16-6-4-5-11-24-16)21-8-3-2-7-17(19)21/h2-12,14H,13H2,1H3,(H,25,27)(H,28,29). The third-order valence-electron chi connectivity index (χ3n) is 4.75. The molecule has 0 radical (unpaired) electrons. The minimum absolute atomic E-state index is 0.0653. The number of para-hydroxylation sites is 1. The van der Waals surface area contributed by atoms with Crippen molar-refractivity contribution in [3.8, 4) is 0 Å². The van der Waals surface area contributed by atoms with E-state index in [0.29, 0.717) is 12.1 Å². The average Bonchev–Trinajstić information content (AvgIpc) is 3.09. The van der Waals surface area contributed by atoms with E-state index in [1.165, 1.54) is 0 Å². The summed E-state index contributed by atoms with van der Waals surface area (Å²) in [6.07, 6.45) is 3.52. The van der Waals surface area contributed by atoms with E-state index < -0.39 is 5.97 Å². The zero-order valence-corrected chi connectivity index (χ0v) is 15.8. The lowest BCUT2D eigenvalue weighted by molar-refractivity contribution is 0.0698. The predicted molar refractivity (Wildman–Crippen MR) is 111 cm³/mol. The van der Waals surface area contributed by atoms with Crippen molar-refractivity contribution in [2.24, 2.45) is 0 Å². The molecule has 0 bridgehead atoms. The Hall–Kier alpha value is -3.93. The molecule has 0 fully saturated rings. The average molecular weight is 385 g/mol. The Labute approximate surface area is 167 Å². The van der Waals surface area contributed by atoms with Gasteiger partial charge >= 0.3 is 5.97 Å². The van der Waals surface area contributed by atoms with E-state index in [9.17, 15) is 14.7 Å². The summed E-state index contributed by atoms with van der Waals surface area (Å²) in [6, 6.07) is 18.3. The summed E-state index contributed by atoms with van der Waals surface area (Å²) in [5.74, 6) is -1.44. The van der Waals surface area contributed by atoms with Crippen LogP contribution in [0.4, 0.5) is 5.69 Å². The van der Waals surface area contributed by atoms with Gasteiger partial charge in [0, 0.05) is 23.3 Å². The number of nitrogens with one attached hydrogen (secondary N) is 1. The maximum Gasteiger partial charge on any atom is 0.337 e. The Morgan fingerprint density at radius 2 is 1.83 bits per heavy atom. The van der Waals surface area contributed by atoms with Crippen LogP contribution in [0.15, 0.2) is 73.1 Å². The van der Waals surface area contributed by atoms with E-state index in [-0.39, 0.29) is 17.2 Å². The molecule has 0 aliphatic carbocycles. The maximum absolute atomic E-state index is 13.0. The molecule has 29 heavy (non-hydrogen) atoms. The van der Waals surface area contributed by atoms with Gasteiger partial charge < -0.3 is 15.0 Å². The number of carbonyl (C=O) groups excluding carboxylic acids is 1. The van der Waals surface area contributed by atoms with Gasteiger partial charge in [-0.15, -0.1) is 0 Å². The van der Waals surface area contributed by atoms with E-state index in [4.69, 9.17) is 0 Å². The molecule has 2 heterocycles. The minimum atomic E-state index is -1.08. The van der Waals surface area contributed by atoms with Gasteiger partial charge in [0.15, 0.2) is 0 Å². The molecule has 4 rings (SSSR count). The summed E-state index contributed by atoms with van der Waals surface area (Å²) in [6.45, 7) is 2.34. The van der Waals surface area contributed by atoms with Gasteiger partial charge in [0.05, 0.1) is 29.1 Å². The van der Waals surface area contributed by atoms with Crippen LogP contribution in [0, 0.1) is 6.92 Å². The number of aromatic carboxylic acids is 1. The summed E-state index contributed by atoms with van der Waals surface area (Å²) in [5.41, 5.74) is 3.42. The molecule has 0 atom stereocenters. The van der Waals surface area contributed by atoms with Crippen molar-refractivity contribution in [2.75, 3.05) is 5.32 Å². The number of amides is 1. The number of hydrogen-bond acceptors (Lipinski definition) is 3. The number of aromatic nitrogens is 2. The molecule has 144 valence electrons. The highest BCUT2D eigenvalue weighted by molar-refractivity contribution is 6.14. The van der Waals surface area contributed by atoms with E-state index in [2.05, 4.69) is 10.3 Å². The van der Waals surface area contributed by atoms with Crippen molar-refractivity contribution >= 4 is 28.5 Å². The first-order chi connectivity index (χ1) is 14.0. The fraction of sp³-hybridized carbons (Fsp3) is 0.0870. The number of fused-ring (bicyclic) bond motifs is 1. The van der Waals surface area contributed by atoms with Gasteiger partial charge in [-0.1, -0.05) is 35.9 Å². The van der Waals surface area contributed by atoms with Crippen molar-refractivity contribution in [3.63, 3.8) is 0 Å². The number of anilines is 1. The fourth-order valence-electron chi connectivity index (χ4n) is 3.36. The van der Waals surface area contributed by atoms with Gasteiger partial charge in [-0.3, -0.25) is 9.78 Å². The number of hydrogen-bond donors (Lipinski definition) is 2. The molecule has 0 saturated carbocycles. The molecular formula is C23H19N3O3. The molecule has 0 unspecified atom stereocenters. The van der Waals surface area contributed by atoms with Crippen LogP contribution in [0.5, 0.6) is 0 Å². The van der Waals surface area contributed by atoms with Gasteiger partial charge in [-0.2, -0.15) is 0 Å². The minimum Gasteiger partial charge on any atom is -0.478 e. The SMILES string of the molecule is Cc1ccc(NC(=O)c2cn(Cc3ccccn3)c3ccccc23)c(C(=O)O)c1. The molecule has 1 amide bonds. The molecule has 0 spiro atoms. The Balaban J connectivity index is 1.71.